The lowest BCUT2D eigenvalue weighted by molar-refractivity contribution is -0.384. The molecule has 0 atom stereocenters. The highest BCUT2D eigenvalue weighted by Gasteiger charge is 2.25. The summed E-state index contributed by atoms with van der Waals surface area (Å²) < 4.78 is 5.16. The molecule has 0 unspecified atom stereocenters. The summed E-state index contributed by atoms with van der Waals surface area (Å²) in [5.41, 5.74) is 1.48. The number of halogens is 1. The van der Waals surface area contributed by atoms with Gasteiger partial charge in [0.25, 0.3) is 11.6 Å². The molecule has 7 nitrogen and oxygen atoms in total. The number of hydrogen-bond donors (Lipinski definition) is 1. The molecule has 30 heavy (non-hydrogen) atoms. The number of amides is 1. The van der Waals surface area contributed by atoms with E-state index in [0.29, 0.717) is 5.56 Å². The lowest BCUT2D eigenvalue weighted by Crippen LogP contribution is -2.15. The molecule has 0 saturated heterocycles. The first kappa shape index (κ1) is 21.5. The lowest BCUT2D eigenvalue weighted by Gasteiger charge is -2.08. The molecular weight excluding hydrogens is 428 g/mol. The van der Waals surface area contributed by atoms with Crippen molar-refractivity contribution in [1.29, 1.82) is 0 Å². The topological polar surface area (TPSA) is 98.5 Å². The van der Waals surface area contributed by atoms with Crippen molar-refractivity contribution in [2.75, 3.05) is 11.9 Å². The van der Waals surface area contributed by atoms with Gasteiger partial charge in [-0.15, -0.1) is 11.3 Å². The minimum Gasteiger partial charge on any atom is -0.462 e. The maximum Gasteiger partial charge on any atom is 0.341 e. The lowest BCUT2D eigenvalue weighted by atomic mass is 10.1. The van der Waals surface area contributed by atoms with E-state index >= 15 is 0 Å². The molecule has 0 aliphatic carbocycles. The molecule has 0 aliphatic heterocycles. The Morgan fingerprint density at radius 2 is 1.90 bits per heavy atom. The van der Waals surface area contributed by atoms with Crippen molar-refractivity contribution >= 4 is 45.5 Å². The zero-order chi connectivity index (χ0) is 21.8. The summed E-state index contributed by atoms with van der Waals surface area (Å²) in [5.74, 6) is -1.22. The second kappa shape index (κ2) is 9.06. The van der Waals surface area contributed by atoms with Gasteiger partial charge in [0.1, 0.15) is 5.00 Å². The number of ether oxygens (including phenoxy) is 1. The molecule has 3 aromatic rings. The average Bonchev–Trinajstić information content (AvgIpc) is 3.04. The number of nitro benzene ring substituents is 1. The number of hydrogen-bond acceptors (Lipinski definition) is 6. The number of thiophene rings is 1. The van der Waals surface area contributed by atoms with Crippen LogP contribution in [0.3, 0.4) is 0 Å². The molecular formula is C21H17ClN2O5S. The van der Waals surface area contributed by atoms with Crippen molar-refractivity contribution in [2.45, 2.75) is 13.8 Å². The van der Waals surface area contributed by atoms with Crippen molar-refractivity contribution in [3.05, 3.63) is 80.4 Å². The highest BCUT2D eigenvalue weighted by atomic mass is 35.5. The first-order chi connectivity index (χ1) is 14.3. The Bertz CT molecular complexity index is 1130. The van der Waals surface area contributed by atoms with E-state index in [2.05, 4.69) is 5.32 Å². The van der Waals surface area contributed by atoms with Crippen LogP contribution in [-0.4, -0.2) is 23.4 Å². The second-order valence-electron chi connectivity index (χ2n) is 6.22. The van der Waals surface area contributed by atoms with Crippen LogP contribution in [0.1, 0.15) is 33.2 Å². The molecule has 2 aromatic carbocycles. The molecule has 0 spiro atoms. The maximum absolute atomic E-state index is 12.8. The molecule has 1 amide bonds. The minimum atomic E-state index is -0.657. The van der Waals surface area contributed by atoms with Gasteiger partial charge in [0, 0.05) is 17.0 Å². The highest BCUT2D eigenvalue weighted by Crippen LogP contribution is 2.40. The largest absolute Gasteiger partial charge is 0.462 e. The average molecular weight is 445 g/mol. The number of rotatable bonds is 6. The van der Waals surface area contributed by atoms with E-state index in [0.717, 1.165) is 16.5 Å². The van der Waals surface area contributed by atoms with Gasteiger partial charge in [0.15, 0.2) is 0 Å². The van der Waals surface area contributed by atoms with Gasteiger partial charge in [-0.1, -0.05) is 41.9 Å². The summed E-state index contributed by atoms with van der Waals surface area (Å²) in [5, 5.41) is 14.1. The predicted octanol–water partition coefficient (Wildman–Crippen LogP) is 5.71. The smallest absolute Gasteiger partial charge is 0.341 e. The number of nitro groups is 1. The van der Waals surface area contributed by atoms with E-state index in [4.69, 9.17) is 16.3 Å². The van der Waals surface area contributed by atoms with Crippen molar-refractivity contribution in [2.24, 2.45) is 0 Å². The van der Waals surface area contributed by atoms with Crippen LogP contribution >= 0.6 is 22.9 Å². The van der Waals surface area contributed by atoms with Gasteiger partial charge in [-0.3, -0.25) is 14.9 Å². The van der Waals surface area contributed by atoms with Gasteiger partial charge in [-0.05, 0) is 31.0 Å². The van der Waals surface area contributed by atoms with E-state index < -0.39 is 16.8 Å². The Hall–Kier alpha value is -3.23. The molecule has 1 N–H and O–H groups in total. The zero-order valence-electron chi connectivity index (χ0n) is 16.1. The molecule has 0 aliphatic rings. The van der Waals surface area contributed by atoms with E-state index in [1.807, 2.05) is 30.3 Å². The summed E-state index contributed by atoms with van der Waals surface area (Å²) in [6, 6.07) is 13.0. The molecule has 0 saturated carbocycles. The molecule has 0 fully saturated rings. The van der Waals surface area contributed by atoms with Gasteiger partial charge in [0.2, 0.25) is 0 Å². The first-order valence-corrected chi connectivity index (χ1v) is 10.1. The molecule has 1 aromatic heterocycles. The van der Waals surface area contributed by atoms with Gasteiger partial charge in [0.05, 0.1) is 27.7 Å². The van der Waals surface area contributed by atoms with Crippen LogP contribution in [0.15, 0.2) is 48.5 Å². The monoisotopic (exact) mass is 444 g/mol. The number of nitrogens with zero attached hydrogens (tertiary/aromatic N) is 1. The standard InChI is InChI=1S/C21H17ClN2O5S/c1-3-29-21(26)17-12(2)18(13-7-5-4-6-8-13)30-20(17)23-19(25)15-11-14(24(27)28)9-10-16(15)22/h4-11H,3H2,1-2H3,(H,23,25). The van der Waals surface area contributed by atoms with Crippen LogP contribution in [0.5, 0.6) is 0 Å². The van der Waals surface area contributed by atoms with Crippen molar-refractivity contribution < 1.29 is 19.2 Å². The number of anilines is 1. The summed E-state index contributed by atoms with van der Waals surface area (Å²) >= 11 is 7.30. The fourth-order valence-electron chi connectivity index (χ4n) is 2.89. The first-order valence-electron chi connectivity index (χ1n) is 8.94. The van der Waals surface area contributed by atoms with E-state index in [9.17, 15) is 19.7 Å². The quantitative estimate of drug-likeness (QED) is 0.298. The molecule has 1 heterocycles. The van der Waals surface area contributed by atoms with Crippen molar-refractivity contribution in [3.63, 3.8) is 0 Å². The third-order valence-electron chi connectivity index (χ3n) is 4.29. The van der Waals surface area contributed by atoms with Crippen LogP contribution in [0.25, 0.3) is 10.4 Å². The summed E-state index contributed by atoms with van der Waals surface area (Å²) in [6.45, 7) is 3.65. The van der Waals surface area contributed by atoms with Crippen molar-refractivity contribution in [1.82, 2.24) is 0 Å². The molecule has 0 bridgehead atoms. The third-order valence-corrected chi connectivity index (χ3v) is 5.88. The van der Waals surface area contributed by atoms with E-state index in [-0.39, 0.29) is 33.4 Å². The van der Waals surface area contributed by atoms with E-state index in [1.54, 1.807) is 13.8 Å². The summed E-state index contributed by atoms with van der Waals surface area (Å²) in [7, 11) is 0. The Labute approximate surface area is 181 Å². The zero-order valence-corrected chi connectivity index (χ0v) is 17.7. The van der Waals surface area contributed by atoms with Crippen LogP contribution in [0.4, 0.5) is 10.7 Å². The van der Waals surface area contributed by atoms with Gasteiger partial charge < -0.3 is 10.1 Å². The predicted molar refractivity (Wildman–Crippen MR) is 117 cm³/mol. The molecule has 3 rings (SSSR count). The summed E-state index contributed by atoms with van der Waals surface area (Å²) in [6.07, 6.45) is 0. The van der Waals surface area contributed by atoms with Crippen LogP contribution < -0.4 is 5.32 Å². The fourth-order valence-corrected chi connectivity index (χ4v) is 4.29. The number of non-ortho nitro benzene ring substituents is 1. The number of benzene rings is 2. The van der Waals surface area contributed by atoms with Gasteiger partial charge >= 0.3 is 5.97 Å². The molecule has 154 valence electrons. The number of nitrogens with one attached hydrogen (secondary N) is 1. The Morgan fingerprint density at radius 1 is 1.20 bits per heavy atom. The minimum absolute atomic E-state index is 0.0620. The van der Waals surface area contributed by atoms with Crippen LogP contribution in [0, 0.1) is 17.0 Å². The van der Waals surface area contributed by atoms with Gasteiger partial charge in [-0.25, -0.2) is 4.79 Å². The normalized spacial score (nSPS) is 10.5. The summed E-state index contributed by atoms with van der Waals surface area (Å²) in [4.78, 5) is 36.6. The van der Waals surface area contributed by atoms with E-state index in [1.165, 1.54) is 23.5 Å². The SMILES string of the molecule is CCOC(=O)c1c(NC(=O)c2cc([N+](=O)[O-])ccc2Cl)sc(-c2ccccc2)c1C. The number of carbonyl (C=O) groups excluding carboxylic acids is 2. The fraction of sp³-hybridized carbons (Fsp3) is 0.143. The number of esters is 1. The second-order valence-corrected chi connectivity index (χ2v) is 7.65. The molecule has 0 radical (unpaired) electrons. The van der Waals surface area contributed by atoms with Crippen LogP contribution in [-0.2, 0) is 4.74 Å². The van der Waals surface area contributed by atoms with Gasteiger partial charge in [-0.2, -0.15) is 0 Å². The van der Waals surface area contributed by atoms with Crippen LogP contribution in [0.2, 0.25) is 5.02 Å². The number of carbonyl (C=O) groups is 2. The third kappa shape index (κ3) is 4.34. The Morgan fingerprint density at radius 3 is 2.53 bits per heavy atom. The molecule has 9 heteroatoms. The highest BCUT2D eigenvalue weighted by molar-refractivity contribution is 7.20. The van der Waals surface area contributed by atoms with Crippen molar-refractivity contribution in [3.8, 4) is 10.4 Å². The maximum atomic E-state index is 12.8. The Balaban J connectivity index is 2.05. The Kier molecular flexibility index (Phi) is 6.49.